The van der Waals surface area contributed by atoms with Crippen molar-refractivity contribution in [2.45, 2.75) is 0 Å². The molecule has 0 radical (unpaired) electrons. The first-order valence-electron chi connectivity index (χ1n) is 2.42. The van der Waals surface area contributed by atoms with Crippen molar-refractivity contribution in [2.75, 3.05) is 13.1 Å². The highest BCUT2D eigenvalue weighted by atomic mass is 16.1. The molecule has 0 spiro atoms. The van der Waals surface area contributed by atoms with Gasteiger partial charge in [0.1, 0.15) is 6.29 Å². The standard InChI is InChI=1S/C5H10N2O/c1-2-3-6-7-4-5-8/h2,5-7H,1,3-4H2. The lowest BCUT2D eigenvalue weighted by atomic mass is 10.6. The smallest absolute Gasteiger partial charge is 0.135 e. The molecule has 0 bridgehead atoms. The van der Waals surface area contributed by atoms with Gasteiger partial charge in [0.15, 0.2) is 0 Å². The minimum Gasteiger partial charge on any atom is -0.302 e. The molecule has 0 saturated heterocycles. The molecule has 3 nitrogen and oxygen atoms in total. The maximum Gasteiger partial charge on any atom is 0.135 e. The van der Waals surface area contributed by atoms with Gasteiger partial charge in [-0.2, -0.15) is 0 Å². The van der Waals surface area contributed by atoms with Crippen molar-refractivity contribution in [3.05, 3.63) is 12.7 Å². The fraction of sp³-hybridized carbons (Fsp3) is 0.400. The van der Waals surface area contributed by atoms with E-state index in [4.69, 9.17) is 0 Å². The molecule has 46 valence electrons. The van der Waals surface area contributed by atoms with Gasteiger partial charge in [0.25, 0.3) is 0 Å². The predicted octanol–water partition coefficient (Wildman–Crippen LogP) is -0.535. The van der Waals surface area contributed by atoms with Gasteiger partial charge in [-0.25, -0.2) is 0 Å². The maximum absolute atomic E-state index is 9.64. The van der Waals surface area contributed by atoms with E-state index in [-0.39, 0.29) is 0 Å². The number of carbonyl (C=O) groups is 1. The van der Waals surface area contributed by atoms with Gasteiger partial charge in [-0.1, -0.05) is 6.08 Å². The summed E-state index contributed by atoms with van der Waals surface area (Å²) < 4.78 is 0. The van der Waals surface area contributed by atoms with Crippen molar-refractivity contribution in [3.8, 4) is 0 Å². The van der Waals surface area contributed by atoms with Gasteiger partial charge in [0, 0.05) is 6.54 Å². The zero-order valence-electron chi connectivity index (χ0n) is 4.68. The van der Waals surface area contributed by atoms with Gasteiger partial charge >= 0.3 is 0 Å². The van der Waals surface area contributed by atoms with Crippen molar-refractivity contribution in [1.82, 2.24) is 10.9 Å². The van der Waals surface area contributed by atoms with Crippen LogP contribution >= 0.6 is 0 Å². The molecule has 8 heavy (non-hydrogen) atoms. The Bertz CT molecular complexity index is 62.8. The van der Waals surface area contributed by atoms with E-state index in [1.807, 2.05) is 0 Å². The van der Waals surface area contributed by atoms with Gasteiger partial charge in [0.2, 0.25) is 0 Å². The lowest BCUT2D eigenvalue weighted by Gasteiger charge is -1.96. The van der Waals surface area contributed by atoms with E-state index in [9.17, 15) is 4.79 Å². The van der Waals surface area contributed by atoms with Gasteiger partial charge in [-0.3, -0.25) is 10.9 Å². The van der Waals surface area contributed by atoms with Crippen LogP contribution in [0.5, 0.6) is 0 Å². The van der Waals surface area contributed by atoms with E-state index in [0.29, 0.717) is 13.1 Å². The largest absolute Gasteiger partial charge is 0.302 e. The van der Waals surface area contributed by atoms with Crippen LogP contribution in [0.4, 0.5) is 0 Å². The van der Waals surface area contributed by atoms with E-state index >= 15 is 0 Å². The number of nitrogens with one attached hydrogen (secondary N) is 2. The van der Waals surface area contributed by atoms with Crippen LogP contribution < -0.4 is 10.9 Å². The Morgan fingerprint density at radius 1 is 1.38 bits per heavy atom. The molecule has 0 unspecified atom stereocenters. The number of hydrogen-bond acceptors (Lipinski definition) is 3. The van der Waals surface area contributed by atoms with E-state index < -0.39 is 0 Å². The van der Waals surface area contributed by atoms with Crippen LogP contribution in [-0.4, -0.2) is 19.4 Å². The first kappa shape index (κ1) is 7.33. The fourth-order valence-corrected chi connectivity index (χ4v) is 0.258. The molecule has 3 heteroatoms. The van der Waals surface area contributed by atoms with Gasteiger partial charge < -0.3 is 4.79 Å². The quantitative estimate of drug-likeness (QED) is 0.218. The van der Waals surface area contributed by atoms with E-state index in [0.717, 1.165) is 6.29 Å². The van der Waals surface area contributed by atoms with Crippen molar-refractivity contribution in [1.29, 1.82) is 0 Å². The Labute approximate surface area is 48.7 Å². The highest BCUT2D eigenvalue weighted by molar-refractivity contribution is 5.51. The molecule has 2 N–H and O–H groups in total. The molecule has 0 aromatic carbocycles. The highest BCUT2D eigenvalue weighted by Crippen LogP contribution is 1.51. The Morgan fingerprint density at radius 2 is 2.00 bits per heavy atom. The van der Waals surface area contributed by atoms with Gasteiger partial charge in [-0.05, 0) is 0 Å². The Morgan fingerprint density at radius 3 is 2.50 bits per heavy atom. The third-order valence-corrected chi connectivity index (χ3v) is 0.557. The highest BCUT2D eigenvalue weighted by Gasteiger charge is 1.75. The predicted molar refractivity (Wildman–Crippen MR) is 32.3 cm³/mol. The summed E-state index contributed by atoms with van der Waals surface area (Å²) in [5, 5.41) is 0. The molecule has 0 saturated carbocycles. The molecular formula is C5H10N2O. The molecule has 0 rings (SSSR count). The zero-order valence-corrected chi connectivity index (χ0v) is 4.68. The lowest BCUT2D eigenvalue weighted by Crippen LogP contribution is -2.32. The molecule has 0 aliphatic rings. The normalized spacial score (nSPS) is 8.50. The number of hydrogen-bond donors (Lipinski definition) is 2. The lowest BCUT2D eigenvalue weighted by molar-refractivity contribution is -0.107. The molecule has 0 aromatic heterocycles. The molecule has 0 amide bonds. The summed E-state index contributed by atoms with van der Waals surface area (Å²) in [6.45, 7) is 4.48. The van der Waals surface area contributed by atoms with Crippen LogP contribution in [-0.2, 0) is 4.79 Å². The topological polar surface area (TPSA) is 41.1 Å². The summed E-state index contributed by atoms with van der Waals surface area (Å²) in [4.78, 5) is 9.64. The van der Waals surface area contributed by atoms with Crippen LogP contribution in [0.1, 0.15) is 0 Å². The fourth-order valence-electron chi connectivity index (χ4n) is 0.258. The first-order chi connectivity index (χ1) is 3.91. The zero-order chi connectivity index (χ0) is 6.24. The second kappa shape index (κ2) is 6.33. The van der Waals surface area contributed by atoms with Gasteiger partial charge in [0.05, 0.1) is 6.54 Å². The second-order valence-corrected chi connectivity index (χ2v) is 1.22. The summed E-state index contributed by atoms with van der Waals surface area (Å²) >= 11 is 0. The molecule has 0 aliphatic heterocycles. The third-order valence-electron chi connectivity index (χ3n) is 0.557. The minimum atomic E-state index is 0.341. The number of rotatable bonds is 5. The number of hydrazine groups is 1. The van der Waals surface area contributed by atoms with Crippen LogP contribution in [0.3, 0.4) is 0 Å². The van der Waals surface area contributed by atoms with Crippen molar-refractivity contribution >= 4 is 6.29 Å². The molecule has 0 atom stereocenters. The number of carbonyl (C=O) groups excluding carboxylic acids is 1. The van der Waals surface area contributed by atoms with Crippen molar-refractivity contribution < 1.29 is 4.79 Å². The summed E-state index contributed by atoms with van der Waals surface area (Å²) in [6, 6.07) is 0. The molecule has 0 fully saturated rings. The minimum absolute atomic E-state index is 0.341. The van der Waals surface area contributed by atoms with Crippen molar-refractivity contribution in [2.24, 2.45) is 0 Å². The number of aldehydes is 1. The molecular weight excluding hydrogens is 104 g/mol. The summed E-state index contributed by atoms with van der Waals surface area (Å²) in [7, 11) is 0. The summed E-state index contributed by atoms with van der Waals surface area (Å²) in [5.74, 6) is 0. The maximum atomic E-state index is 9.64. The van der Waals surface area contributed by atoms with E-state index in [1.165, 1.54) is 0 Å². The monoisotopic (exact) mass is 114 g/mol. The second-order valence-electron chi connectivity index (χ2n) is 1.22. The molecule has 0 aromatic rings. The van der Waals surface area contributed by atoms with Crippen molar-refractivity contribution in [3.63, 3.8) is 0 Å². The molecule has 0 heterocycles. The van der Waals surface area contributed by atoms with Crippen LogP contribution in [0, 0.1) is 0 Å². The van der Waals surface area contributed by atoms with E-state index in [1.54, 1.807) is 6.08 Å². The average molecular weight is 114 g/mol. The first-order valence-corrected chi connectivity index (χ1v) is 2.42. The summed E-state index contributed by atoms with van der Waals surface area (Å²) in [6.07, 6.45) is 2.49. The Kier molecular flexibility index (Phi) is 5.80. The van der Waals surface area contributed by atoms with Crippen LogP contribution in [0.2, 0.25) is 0 Å². The average Bonchev–Trinajstić information content (AvgIpc) is 1.81. The van der Waals surface area contributed by atoms with Gasteiger partial charge in [-0.15, -0.1) is 6.58 Å². The SMILES string of the molecule is C=CCNNCC=O. The van der Waals surface area contributed by atoms with Crippen LogP contribution in [0.25, 0.3) is 0 Å². The van der Waals surface area contributed by atoms with E-state index in [2.05, 4.69) is 17.4 Å². The third kappa shape index (κ3) is 5.33. The Balaban J connectivity index is 2.71. The molecule has 0 aliphatic carbocycles. The van der Waals surface area contributed by atoms with Crippen LogP contribution in [0.15, 0.2) is 12.7 Å². The Hall–Kier alpha value is -0.670. The summed E-state index contributed by atoms with van der Waals surface area (Å²) in [5.41, 5.74) is 5.38.